The summed E-state index contributed by atoms with van der Waals surface area (Å²) in [5.74, 6) is 0.501. The molecule has 1 fully saturated rings. The molecule has 1 unspecified atom stereocenters. The van der Waals surface area contributed by atoms with Crippen molar-refractivity contribution in [1.82, 2.24) is 19.0 Å². The first-order valence-corrected chi connectivity index (χ1v) is 10.5. The number of rotatable bonds is 5. The van der Waals surface area contributed by atoms with E-state index in [0.717, 1.165) is 55.6 Å². The maximum Gasteiger partial charge on any atom is 0.330 e. The van der Waals surface area contributed by atoms with Gasteiger partial charge in [-0.05, 0) is 36.8 Å². The van der Waals surface area contributed by atoms with Gasteiger partial charge in [0, 0.05) is 44.7 Å². The molecule has 0 aliphatic carbocycles. The molecule has 2 aromatic heterocycles. The molecule has 28 heavy (non-hydrogen) atoms. The van der Waals surface area contributed by atoms with Crippen LogP contribution in [0.4, 0.5) is 0 Å². The number of unbranched alkanes of at least 4 members (excludes halogenated alkanes) is 1. The molecule has 0 radical (unpaired) electrons. The van der Waals surface area contributed by atoms with Crippen molar-refractivity contribution >= 4 is 17.1 Å². The second-order valence-electron chi connectivity index (χ2n) is 9.35. The van der Waals surface area contributed by atoms with Crippen LogP contribution in [-0.2, 0) is 18.4 Å². The van der Waals surface area contributed by atoms with Crippen LogP contribution in [0.1, 0.15) is 71.4 Å². The predicted molar refractivity (Wildman–Crippen MR) is 113 cm³/mol. The standard InChI is InChI=1S/C22H34N4O2/c1-6-7-10-19(27)25-13-8-9-16(14-25)17-11-12-18-20(23-17)24(5)21(28)26(18)15-22(2,3)4/h11-12,16H,6-10,13-15H2,1-5H3. The molecular weight excluding hydrogens is 352 g/mol. The van der Waals surface area contributed by atoms with Gasteiger partial charge in [-0.2, -0.15) is 0 Å². The molecule has 1 amide bonds. The normalized spacial score (nSPS) is 18.0. The van der Waals surface area contributed by atoms with Crippen LogP contribution in [0.2, 0.25) is 0 Å². The van der Waals surface area contributed by atoms with Gasteiger partial charge in [-0.3, -0.25) is 13.9 Å². The quantitative estimate of drug-likeness (QED) is 0.788. The van der Waals surface area contributed by atoms with Crippen molar-refractivity contribution in [1.29, 1.82) is 0 Å². The Balaban J connectivity index is 1.87. The van der Waals surface area contributed by atoms with Crippen LogP contribution in [0.25, 0.3) is 11.2 Å². The number of imidazole rings is 1. The van der Waals surface area contributed by atoms with Crippen LogP contribution in [0.15, 0.2) is 16.9 Å². The van der Waals surface area contributed by atoms with Gasteiger partial charge in [0.2, 0.25) is 5.91 Å². The zero-order valence-electron chi connectivity index (χ0n) is 18.0. The number of carbonyl (C=O) groups is 1. The number of likely N-dealkylation sites (tertiary alicyclic amines) is 1. The second-order valence-corrected chi connectivity index (χ2v) is 9.35. The maximum absolute atomic E-state index is 12.7. The molecule has 0 aromatic carbocycles. The molecule has 1 atom stereocenters. The van der Waals surface area contributed by atoms with E-state index >= 15 is 0 Å². The Hall–Kier alpha value is -2.11. The van der Waals surface area contributed by atoms with Gasteiger partial charge < -0.3 is 4.90 Å². The van der Waals surface area contributed by atoms with Crippen LogP contribution >= 0.6 is 0 Å². The fourth-order valence-electron chi connectivity index (χ4n) is 4.07. The Kier molecular flexibility index (Phi) is 5.96. The van der Waals surface area contributed by atoms with Crippen LogP contribution in [-0.4, -0.2) is 38.0 Å². The second kappa shape index (κ2) is 8.10. The number of pyridine rings is 1. The zero-order valence-corrected chi connectivity index (χ0v) is 18.0. The van der Waals surface area contributed by atoms with E-state index in [2.05, 4.69) is 27.7 Å². The average Bonchev–Trinajstić information content (AvgIpc) is 2.89. The monoisotopic (exact) mass is 386 g/mol. The third-order valence-electron chi connectivity index (χ3n) is 5.57. The van der Waals surface area contributed by atoms with Gasteiger partial charge in [0.25, 0.3) is 0 Å². The molecule has 6 heteroatoms. The smallest absolute Gasteiger partial charge is 0.330 e. The Bertz CT molecular complexity index is 904. The SMILES string of the molecule is CCCCC(=O)N1CCCC(c2ccc3c(n2)n(C)c(=O)n3CC(C)(C)C)C1. The summed E-state index contributed by atoms with van der Waals surface area (Å²) >= 11 is 0. The Labute approximate surface area is 167 Å². The maximum atomic E-state index is 12.7. The van der Waals surface area contributed by atoms with Gasteiger partial charge in [0.15, 0.2) is 5.65 Å². The molecule has 0 saturated carbocycles. The van der Waals surface area contributed by atoms with Gasteiger partial charge >= 0.3 is 5.69 Å². The number of nitrogens with zero attached hydrogens (tertiary/aromatic N) is 4. The van der Waals surface area contributed by atoms with Crippen molar-refractivity contribution < 1.29 is 4.79 Å². The first kappa shape index (κ1) is 20.6. The lowest BCUT2D eigenvalue weighted by Crippen LogP contribution is -2.39. The lowest BCUT2D eigenvalue weighted by Gasteiger charge is -2.32. The van der Waals surface area contributed by atoms with E-state index in [1.807, 2.05) is 21.6 Å². The summed E-state index contributed by atoms with van der Waals surface area (Å²) < 4.78 is 3.48. The number of amides is 1. The average molecular weight is 387 g/mol. The molecule has 3 heterocycles. The van der Waals surface area contributed by atoms with Crippen LogP contribution < -0.4 is 5.69 Å². The van der Waals surface area contributed by atoms with E-state index in [1.54, 1.807) is 11.6 Å². The molecular formula is C22H34N4O2. The fraction of sp³-hybridized carbons (Fsp3) is 0.682. The van der Waals surface area contributed by atoms with E-state index in [1.165, 1.54) is 0 Å². The van der Waals surface area contributed by atoms with E-state index < -0.39 is 0 Å². The largest absolute Gasteiger partial charge is 0.342 e. The number of piperidine rings is 1. The predicted octanol–water partition coefficient (Wildman–Crippen LogP) is 3.68. The fourth-order valence-corrected chi connectivity index (χ4v) is 4.07. The Morgan fingerprint density at radius 2 is 2.04 bits per heavy atom. The van der Waals surface area contributed by atoms with Crippen molar-refractivity contribution in [2.45, 2.75) is 72.3 Å². The number of hydrogen-bond acceptors (Lipinski definition) is 3. The van der Waals surface area contributed by atoms with E-state index in [9.17, 15) is 9.59 Å². The summed E-state index contributed by atoms with van der Waals surface area (Å²) in [4.78, 5) is 32.0. The molecule has 6 nitrogen and oxygen atoms in total. The van der Waals surface area contributed by atoms with Crippen LogP contribution in [0.5, 0.6) is 0 Å². The van der Waals surface area contributed by atoms with Gasteiger partial charge in [0.1, 0.15) is 0 Å². The Morgan fingerprint density at radius 3 is 2.71 bits per heavy atom. The molecule has 0 spiro atoms. The highest BCUT2D eigenvalue weighted by Gasteiger charge is 2.26. The molecule has 2 aromatic rings. The van der Waals surface area contributed by atoms with E-state index in [0.29, 0.717) is 13.0 Å². The third-order valence-corrected chi connectivity index (χ3v) is 5.57. The van der Waals surface area contributed by atoms with Crippen molar-refractivity contribution in [3.8, 4) is 0 Å². The minimum Gasteiger partial charge on any atom is -0.342 e. The van der Waals surface area contributed by atoms with Crippen molar-refractivity contribution in [3.63, 3.8) is 0 Å². The number of hydrogen-bond donors (Lipinski definition) is 0. The van der Waals surface area contributed by atoms with Crippen LogP contribution in [0, 0.1) is 5.41 Å². The van der Waals surface area contributed by atoms with Gasteiger partial charge in [-0.15, -0.1) is 0 Å². The van der Waals surface area contributed by atoms with Gasteiger partial charge in [0.05, 0.1) is 5.52 Å². The summed E-state index contributed by atoms with van der Waals surface area (Å²) in [6.45, 7) is 10.7. The number of aromatic nitrogens is 3. The first-order chi connectivity index (χ1) is 13.2. The highest BCUT2D eigenvalue weighted by atomic mass is 16.2. The molecule has 1 aliphatic rings. The molecule has 154 valence electrons. The molecule has 0 N–H and O–H groups in total. The minimum atomic E-state index is -0.0189. The highest BCUT2D eigenvalue weighted by molar-refractivity contribution is 5.76. The molecule has 0 bridgehead atoms. The number of carbonyl (C=O) groups excluding carboxylic acids is 1. The number of fused-ring (bicyclic) bond motifs is 1. The number of aryl methyl sites for hydroxylation is 1. The third kappa shape index (κ3) is 4.31. The van der Waals surface area contributed by atoms with E-state index in [4.69, 9.17) is 4.98 Å². The topological polar surface area (TPSA) is 60.1 Å². The van der Waals surface area contributed by atoms with Crippen LogP contribution in [0.3, 0.4) is 0 Å². The van der Waals surface area contributed by atoms with Gasteiger partial charge in [-0.25, -0.2) is 9.78 Å². The Morgan fingerprint density at radius 1 is 1.29 bits per heavy atom. The summed E-state index contributed by atoms with van der Waals surface area (Å²) in [5, 5.41) is 0. The van der Waals surface area contributed by atoms with E-state index in [-0.39, 0.29) is 22.9 Å². The zero-order chi connectivity index (χ0) is 20.5. The summed E-state index contributed by atoms with van der Waals surface area (Å²) in [5.41, 5.74) is 2.61. The van der Waals surface area contributed by atoms with Crippen molar-refractivity contribution in [3.05, 3.63) is 28.3 Å². The molecule has 1 aliphatic heterocycles. The summed E-state index contributed by atoms with van der Waals surface area (Å²) in [7, 11) is 1.79. The highest BCUT2D eigenvalue weighted by Crippen LogP contribution is 2.28. The molecule has 3 rings (SSSR count). The van der Waals surface area contributed by atoms with Gasteiger partial charge in [-0.1, -0.05) is 34.1 Å². The minimum absolute atomic E-state index is 0.0134. The summed E-state index contributed by atoms with van der Waals surface area (Å²) in [6.07, 6.45) is 4.67. The molecule has 1 saturated heterocycles. The first-order valence-electron chi connectivity index (χ1n) is 10.5. The summed E-state index contributed by atoms with van der Waals surface area (Å²) in [6, 6.07) is 4.08. The van der Waals surface area contributed by atoms with Crippen molar-refractivity contribution in [2.24, 2.45) is 12.5 Å². The lowest BCUT2D eigenvalue weighted by molar-refractivity contribution is -0.132. The van der Waals surface area contributed by atoms with Crippen molar-refractivity contribution in [2.75, 3.05) is 13.1 Å². The lowest BCUT2D eigenvalue weighted by atomic mass is 9.93.